The summed E-state index contributed by atoms with van der Waals surface area (Å²) in [5.41, 5.74) is 0.379. The third-order valence-electron chi connectivity index (χ3n) is 4.77. The van der Waals surface area contributed by atoms with Gasteiger partial charge in [-0.1, -0.05) is 45.4 Å². The number of methoxy groups -OCH3 is 1. The fraction of sp³-hybridized carbons (Fsp3) is 0.611. The second-order valence-corrected chi connectivity index (χ2v) is 6.69. The van der Waals surface area contributed by atoms with Crippen molar-refractivity contribution in [1.82, 2.24) is 0 Å². The molecule has 1 fully saturated rings. The number of carbonyl (C=O) groups excluding carboxylic acids is 1. The maximum atomic E-state index is 12.7. The Bertz CT molecular complexity index is 471. The number of benzene rings is 1. The van der Waals surface area contributed by atoms with Crippen molar-refractivity contribution in [2.45, 2.75) is 45.6 Å². The molecular formula is C18H27NO2. The molecule has 1 aliphatic rings. The van der Waals surface area contributed by atoms with Crippen LogP contribution in [0.1, 0.15) is 40.0 Å². The van der Waals surface area contributed by atoms with Crippen molar-refractivity contribution >= 4 is 11.7 Å². The van der Waals surface area contributed by atoms with Crippen LogP contribution in [0, 0.1) is 17.8 Å². The van der Waals surface area contributed by atoms with Gasteiger partial charge in [0, 0.05) is 5.69 Å². The normalized spacial score (nSPS) is 29.2. The van der Waals surface area contributed by atoms with Gasteiger partial charge in [0.15, 0.2) is 0 Å². The largest absolute Gasteiger partial charge is 0.467 e. The molecule has 1 aromatic carbocycles. The average Bonchev–Trinajstić information content (AvgIpc) is 2.47. The molecule has 1 saturated carbocycles. The lowest BCUT2D eigenvalue weighted by Crippen LogP contribution is -2.57. The van der Waals surface area contributed by atoms with Crippen molar-refractivity contribution in [3.05, 3.63) is 30.3 Å². The summed E-state index contributed by atoms with van der Waals surface area (Å²) in [6.45, 7) is 6.62. The van der Waals surface area contributed by atoms with Crippen LogP contribution in [0.4, 0.5) is 5.69 Å². The van der Waals surface area contributed by atoms with Crippen LogP contribution in [0.2, 0.25) is 0 Å². The summed E-state index contributed by atoms with van der Waals surface area (Å²) in [6.07, 6.45) is 3.07. The monoisotopic (exact) mass is 289 g/mol. The lowest BCUT2D eigenvalue weighted by Gasteiger charge is -2.47. The van der Waals surface area contributed by atoms with Crippen LogP contribution in [0.25, 0.3) is 0 Å². The molecule has 1 aromatic rings. The minimum absolute atomic E-state index is 0.128. The number of hydrogen-bond acceptors (Lipinski definition) is 3. The zero-order chi connectivity index (χ0) is 15.5. The van der Waals surface area contributed by atoms with Gasteiger partial charge in [0.05, 0.1) is 7.11 Å². The minimum atomic E-state index is -0.609. The number of rotatable bonds is 4. The van der Waals surface area contributed by atoms with E-state index >= 15 is 0 Å². The number of ether oxygens (including phenoxy) is 1. The number of hydrogen-bond donors (Lipinski definition) is 1. The second kappa shape index (κ2) is 6.50. The van der Waals surface area contributed by atoms with E-state index in [1.165, 1.54) is 13.5 Å². The Balaban J connectivity index is 2.40. The maximum absolute atomic E-state index is 12.7. The molecule has 0 aliphatic heterocycles. The Labute approximate surface area is 128 Å². The molecule has 2 rings (SSSR count). The fourth-order valence-corrected chi connectivity index (χ4v) is 3.81. The van der Waals surface area contributed by atoms with E-state index in [9.17, 15) is 4.79 Å². The van der Waals surface area contributed by atoms with Crippen LogP contribution in [0.5, 0.6) is 0 Å². The highest BCUT2D eigenvalue weighted by Gasteiger charge is 2.50. The first kappa shape index (κ1) is 15.9. The smallest absolute Gasteiger partial charge is 0.331 e. The van der Waals surface area contributed by atoms with Crippen LogP contribution >= 0.6 is 0 Å². The number of anilines is 1. The van der Waals surface area contributed by atoms with Crippen molar-refractivity contribution in [3.63, 3.8) is 0 Å². The fourth-order valence-electron chi connectivity index (χ4n) is 3.81. The Kier molecular flexibility index (Phi) is 4.92. The highest BCUT2D eigenvalue weighted by molar-refractivity contribution is 5.85. The molecule has 3 heteroatoms. The third kappa shape index (κ3) is 3.22. The van der Waals surface area contributed by atoms with Gasteiger partial charge in [0.1, 0.15) is 5.54 Å². The second-order valence-electron chi connectivity index (χ2n) is 6.69. The summed E-state index contributed by atoms with van der Waals surface area (Å²) in [5.74, 6) is 1.13. The summed E-state index contributed by atoms with van der Waals surface area (Å²) < 4.78 is 5.19. The minimum Gasteiger partial charge on any atom is -0.467 e. The number of carbonyl (C=O) groups is 1. The molecule has 0 bridgehead atoms. The zero-order valence-corrected chi connectivity index (χ0v) is 13.6. The van der Waals surface area contributed by atoms with Crippen molar-refractivity contribution in [3.8, 4) is 0 Å². The molecule has 3 atom stereocenters. The first-order valence-electron chi connectivity index (χ1n) is 7.91. The Morgan fingerprint density at radius 1 is 1.29 bits per heavy atom. The van der Waals surface area contributed by atoms with Gasteiger partial charge >= 0.3 is 5.97 Å². The average molecular weight is 289 g/mol. The highest BCUT2D eigenvalue weighted by atomic mass is 16.5. The summed E-state index contributed by atoms with van der Waals surface area (Å²) in [5, 5.41) is 3.53. The van der Waals surface area contributed by atoms with Gasteiger partial charge in [-0.15, -0.1) is 0 Å². The van der Waals surface area contributed by atoms with Gasteiger partial charge in [-0.2, -0.15) is 0 Å². The Hall–Kier alpha value is -1.51. The highest BCUT2D eigenvalue weighted by Crippen LogP contribution is 2.43. The topological polar surface area (TPSA) is 38.3 Å². The van der Waals surface area contributed by atoms with Crippen molar-refractivity contribution in [2.75, 3.05) is 12.4 Å². The maximum Gasteiger partial charge on any atom is 0.331 e. The molecule has 3 nitrogen and oxygen atoms in total. The van der Waals surface area contributed by atoms with Gasteiger partial charge in [-0.05, 0) is 42.7 Å². The lowest BCUT2D eigenvalue weighted by atomic mass is 9.64. The van der Waals surface area contributed by atoms with Crippen LogP contribution in [-0.4, -0.2) is 18.6 Å². The van der Waals surface area contributed by atoms with E-state index in [1.54, 1.807) is 0 Å². The standard InChI is InChI=1S/C18H27NO2/c1-13(2)16-11-10-14(3)12-18(16,17(20)21-4)19-15-8-6-5-7-9-15/h5-9,13-14,16,19H,10-12H2,1-4H3. The van der Waals surface area contributed by atoms with E-state index in [4.69, 9.17) is 4.74 Å². The van der Waals surface area contributed by atoms with Gasteiger partial charge in [0.25, 0.3) is 0 Å². The number of nitrogens with one attached hydrogen (secondary N) is 1. The third-order valence-corrected chi connectivity index (χ3v) is 4.77. The van der Waals surface area contributed by atoms with Gasteiger partial charge < -0.3 is 10.1 Å². The van der Waals surface area contributed by atoms with Gasteiger partial charge in [-0.3, -0.25) is 0 Å². The van der Waals surface area contributed by atoms with Crippen LogP contribution < -0.4 is 5.32 Å². The van der Waals surface area contributed by atoms with E-state index in [-0.39, 0.29) is 5.97 Å². The summed E-state index contributed by atoms with van der Waals surface area (Å²) in [4.78, 5) is 12.7. The first-order valence-corrected chi connectivity index (χ1v) is 7.91. The van der Waals surface area contributed by atoms with E-state index in [0.717, 1.165) is 18.5 Å². The molecule has 1 N–H and O–H groups in total. The predicted octanol–water partition coefficient (Wildman–Crippen LogP) is 4.10. The Morgan fingerprint density at radius 3 is 2.52 bits per heavy atom. The molecular weight excluding hydrogens is 262 g/mol. The van der Waals surface area contributed by atoms with Crippen LogP contribution in [0.15, 0.2) is 30.3 Å². The molecule has 116 valence electrons. The van der Waals surface area contributed by atoms with E-state index in [1.807, 2.05) is 30.3 Å². The van der Waals surface area contributed by atoms with E-state index < -0.39 is 5.54 Å². The van der Waals surface area contributed by atoms with E-state index in [2.05, 4.69) is 26.1 Å². The molecule has 0 spiro atoms. The molecule has 0 radical (unpaired) electrons. The van der Waals surface area contributed by atoms with E-state index in [0.29, 0.717) is 17.8 Å². The SMILES string of the molecule is COC(=O)C1(Nc2ccccc2)CC(C)CCC1C(C)C. The molecule has 0 amide bonds. The van der Waals surface area contributed by atoms with Gasteiger partial charge in [-0.25, -0.2) is 4.79 Å². The predicted molar refractivity (Wildman–Crippen MR) is 86.2 cm³/mol. The van der Waals surface area contributed by atoms with Crippen molar-refractivity contribution < 1.29 is 9.53 Å². The summed E-state index contributed by atoms with van der Waals surface area (Å²) in [6, 6.07) is 10.00. The van der Waals surface area contributed by atoms with Crippen LogP contribution in [-0.2, 0) is 9.53 Å². The van der Waals surface area contributed by atoms with Crippen molar-refractivity contribution in [1.29, 1.82) is 0 Å². The van der Waals surface area contributed by atoms with Crippen molar-refractivity contribution in [2.24, 2.45) is 17.8 Å². The first-order chi connectivity index (χ1) is 9.99. The summed E-state index contributed by atoms with van der Waals surface area (Å²) in [7, 11) is 1.49. The zero-order valence-electron chi connectivity index (χ0n) is 13.6. The molecule has 21 heavy (non-hydrogen) atoms. The molecule has 0 aromatic heterocycles. The quantitative estimate of drug-likeness (QED) is 0.848. The molecule has 0 heterocycles. The van der Waals surface area contributed by atoms with Crippen LogP contribution in [0.3, 0.4) is 0 Å². The lowest BCUT2D eigenvalue weighted by molar-refractivity contribution is -0.151. The molecule has 3 unspecified atom stereocenters. The number of esters is 1. The summed E-state index contributed by atoms with van der Waals surface area (Å²) >= 11 is 0. The van der Waals surface area contributed by atoms with Gasteiger partial charge in [0.2, 0.25) is 0 Å². The molecule has 0 saturated heterocycles. The molecule has 1 aliphatic carbocycles. The number of para-hydroxylation sites is 1. The Morgan fingerprint density at radius 2 is 1.95 bits per heavy atom.